The van der Waals surface area contributed by atoms with Crippen LogP contribution in [-0.4, -0.2) is 44.5 Å². The molecule has 0 fully saturated rings. The van der Waals surface area contributed by atoms with Gasteiger partial charge in [0.2, 0.25) is 0 Å². The van der Waals surface area contributed by atoms with Crippen molar-refractivity contribution in [3.8, 4) is 0 Å². The van der Waals surface area contributed by atoms with Crippen molar-refractivity contribution in [1.29, 1.82) is 0 Å². The minimum Gasteiger partial charge on any atom is -0.264 e. The van der Waals surface area contributed by atoms with Gasteiger partial charge in [-0.15, -0.1) is 0 Å². The Balaban J connectivity index is 0.000000494. The summed E-state index contributed by atoms with van der Waals surface area (Å²) in [5, 5.41) is 9.34. The van der Waals surface area contributed by atoms with Crippen molar-refractivity contribution in [2.24, 2.45) is 0 Å². The van der Waals surface area contributed by atoms with E-state index < -0.39 is 10.4 Å². The summed E-state index contributed by atoms with van der Waals surface area (Å²) in [7, 11) is -4.67. The number of hydrogen-bond donors (Lipinski definition) is 4. The van der Waals surface area contributed by atoms with Crippen molar-refractivity contribution in [3.05, 3.63) is 24.3 Å². The van der Waals surface area contributed by atoms with E-state index in [2.05, 4.69) is 19.1 Å². The molecule has 5 N–H and O–H groups in total. The van der Waals surface area contributed by atoms with Gasteiger partial charge in [-0.3, -0.25) is 9.11 Å². The number of nitrogens with two attached hydrogens (primary N) is 1. The number of nitrogen functional groups attached to an aromatic ring is 1. The molecule has 0 amide bonds. The summed E-state index contributed by atoms with van der Waals surface area (Å²) in [6.45, 7) is 3.95. The minimum absolute atomic E-state index is 0.197. The molecule has 0 spiro atoms. The van der Waals surface area contributed by atoms with Crippen LogP contribution in [0.3, 0.4) is 0 Å². The van der Waals surface area contributed by atoms with Gasteiger partial charge in [0.05, 0.1) is 0 Å². The second-order valence-corrected chi connectivity index (χ2v) is 8.37. The standard InChI is InChI=1S/C10H16AsNO.H2O4S/c1-7(8(2)13)11-9-3-5-10(12)6-4-9;1-5(2,3)4/h3-8,11,13H,12H2,1-2H3;(H2,1,2,3,4). The average Bonchev–Trinajstić information content (AvgIpc) is 2.18. The Bertz CT molecular complexity index is 438. The Morgan fingerprint density at radius 1 is 1.17 bits per heavy atom. The molecular weight excluding hydrogens is 321 g/mol. The number of rotatable bonds is 3. The zero-order valence-corrected chi connectivity index (χ0v) is 13.0. The molecular formula is C10H18AsNO5S. The minimum atomic E-state index is -4.67. The van der Waals surface area contributed by atoms with Crippen LogP contribution in [0.15, 0.2) is 24.3 Å². The molecule has 0 saturated heterocycles. The molecule has 18 heavy (non-hydrogen) atoms. The molecule has 0 aliphatic heterocycles. The van der Waals surface area contributed by atoms with Gasteiger partial charge in [-0.05, 0) is 0 Å². The van der Waals surface area contributed by atoms with Crippen molar-refractivity contribution in [1.82, 2.24) is 0 Å². The Labute approximate surface area is 113 Å². The van der Waals surface area contributed by atoms with E-state index in [0.717, 1.165) is 5.69 Å². The van der Waals surface area contributed by atoms with Gasteiger partial charge >= 0.3 is 96.0 Å². The predicted octanol–water partition coefficient (Wildman–Crippen LogP) is -0.133. The third kappa shape index (κ3) is 10.6. The van der Waals surface area contributed by atoms with Crippen LogP contribution < -0.4 is 10.1 Å². The fourth-order valence-corrected chi connectivity index (χ4v) is 3.33. The van der Waals surface area contributed by atoms with E-state index in [9.17, 15) is 5.11 Å². The van der Waals surface area contributed by atoms with Gasteiger partial charge in [-0.1, -0.05) is 0 Å². The van der Waals surface area contributed by atoms with Crippen molar-refractivity contribution < 1.29 is 22.6 Å². The summed E-state index contributed by atoms with van der Waals surface area (Å²) < 4.78 is 33.4. The smallest absolute Gasteiger partial charge is 0.264 e. The van der Waals surface area contributed by atoms with Crippen LogP contribution in [0.25, 0.3) is 0 Å². The van der Waals surface area contributed by atoms with Crippen LogP contribution >= 0.6 is 0 Å². The normalized spacial score (nSPS) is 14.9. The van der Waals surface area contributed by atoms with Crippen LogP contribution in [0.2, 0.25) is 4.71 Å². The van der Waals surface area contributed by atoms with E-state index in [0.29, 0.717) is 4.71 Å². The molecule has 3 unspecified atom stereocenters. The summed E-state index contributed by atoms with van der Waals surface area (Å²) in [4.78, 5) is 0. The number of benzene rings is 1. The first kappa shape index (κ1) is 17.4. The Kier molecular flexibility index (Phi) is 7.50. The topological polar surface area (TPSA) is 121 Å². The first-order valence-corrected chi connectivity index (χ1v) is 8.75. The first-order chi connectivity index (χ1) is 8.09. The van der Waals surface area contributed by atoms with Gasteiger partial charge in [-0.2, -0.15) is 8.42 Å². The van der Waals surface area contributed by atoms with E-state index in [4.69, 9.17) is 23.3 Å². The molecule has 1 aromatic carbocycles. The third-order valence-electron chi connectivity index (χ3n) is 2.03. The third-order valence-corrected chi connectivity index (χ3v) is 5.39. The van der Waals surface area contributed by atoms with Crippen molar-refractivity contribution in [2.75, 3.05) is 5.73 Å². The van der Waals surface area contributed by atoms with Crippen LogP contribution in [0.4, 0.5) is 5.69 Å². The maximum Gasteiger partial charge on any atom is 0.394 e. The molecule has 0 bridgehead atoms. The van der Waals surface area contributed by atoms with E-state index in [1.807, 2.05) is 19.1 Å². The van der Waals surface area contributed by atoms with Crippen LogP contribution in [0, 0.1) is 0 Å². The SMILES string of the molecule is CC(O)C(C)[AsH]c1ccc(N)cc1.O=S(=O)(O)O. The second kappa shape index (κ2) is 7.76. The Morgan fingerprint density at radius 2 is 1.56 bits per heavy atom. The second-order valence-electron chi connectivity index (χ2n) is 3.74. The van der Waals surface area contributed by atoms with Crippen molar-refractivity contribution in [3.63, 3.8) is 0 Å². The molecule has 1 aromatic rings. The van der Waals surface area contributed by atoms with Gasteiger partial charge in [-0.25, -0.2) is 0 Å². The van der Waals surface area contributed by atoms with Gasteiger partial charge in [0.15, 0.2) is 0 Å². The van der Waals surface area contributed by atoms with Crippen LogP contribution in [-0.2, 0) is 10.4 Å². The molecule has 1 rings (SSSR count). The van der Waals surface area contributed by atoms with E-state index in [-0.39, 0.29) is 21.9 Å². The van der Waals surface area contributed by atoms with Crippen molar-refractivity contribution >= 4 is 36.2 Å². The summed E-state index contributed by atoms with van der Waals surface area (Å²) in [6.07, 6.45) is -0.197. The molecule has 0 radical (unpaired) electrons. The molecule has 0 aromatic heterocycles. The summed E-state index contributed by atoms with van der Waals surface area (Å²) in [5.74, 6) is 0. The van der Waals surface area contributed by atoms with Crippen LogP contribution in [0.5, 0.6) is 0 Å². The molecule has 0 saturated carbocycles. The maximum atomic E-state index is 9.34. The largest absolute Gasteiger partial charge is 0.394 e. The van der Waals surface area contributed by atoms with Gasteiger partial charge < -0.3 is 0 Å². The predicted molar refractivity (Wildman–Crippen MR) is 72.9 cm³/mol. The summed E-state index contributed by atoms with van der Waals surface area (Å²) >= 11 is -0.230. The quantitative estimate of drug-likeness (QED) is 0.346. The Morgan fingerprint density at radius 3 is 1.89 bits per heavy atom. The summed E-state index contributed by atoms with van der Waals surface area (Å²) in [5.41, 5.74) is 6.39. The van der Waals surface area contributed by atoms with Gasteiger partial charge in [0.1, 0.15) is 0 Å². The monoisotopic (exact) mass is 339 g/mol. The molecule has 3 atom stereocenters. The first-order valence-electron chi connectivity index (χ1n) is 5.09. The molecule has 8 heteroatoms. The molecule has 0 aliphatic carbocycles. The number of aliphatic hydroxyl groups excluding tert-OH is 1. The molecule has 0 aliphatic rings. The Hall–Kier alpha value is -0.592. The van der Waals surface area contributed by atoms with Crippen molar-refractivity contribution in [2.45, 2.75) is 24.7 Å². The fraction of sp³-hybridized carbons (Fsp3) is 0.400. The van der Waals surface area contributed by atoms with Gasteiger partial charge in [0, 0.05) is 0 Å². The number of aliphatic hydroxyl groups is 1. The molecule has 0 heterocycles. The van der Waals surface area contributed by atoms with Crippen LogP contribution in [0.1, 0.15) is 13.8 Å². The zero-order valence-electron chi connectivity index (χ0n) is 10.1. The van der Waals surface area contributed by atoms with Gasteiger partial charge in [0.25, 0.3) is 0 Å². The van der Waals surface area contributed by atoms with E-state index in [1.54, 1.807) is 0 Å². The zero-order chi connectivity index (χ0) is 14.3. The van der Waals surface area contributed by atoms with E-state index in [1.165, 1.54) is 4.35 Å². The molecule has 104 valence electrons. The maximum absolute atomic E-state index is 9.34. The number of hydrogen-bond acceptors (Lipinski definition) is 4. The fourth-order valence-electron chi connectivity index (χ4n) is 0.963. The molecule has 6 nitrogen and oxygen atoms in total. The van der Waals surface area contributed by atoms with E-state index >= 15 is 0 Å². The summed E-state index contributed by atoms with van der Waals surface area (Å²) in [6, 6.07) is 7.98. The average molecular weight is 339 g/mol. The number of anilines is 1.